The predicted molar refractivity (Wildman–Crippen MR) is 37.7 cm³/mol. The fourth-order valence-corrected chi connectivity index (χ4v) is 1.34. The van der Waals surface area contributed by atoms with Crippen molar-refractivity contribution in [3.63, 3.8) is 0 Å². The molecule has 0 aliphatic rings. The molecule has 0 fully saturated rings. The standard InChI is InChI=1S/C6H12O2Se/c1-3-8-6(7)5-9-4-2/h3-5H2,1-2H3. The monoisotopic (exact) mass is 196 g/mol. The van der Waals surface area contributed by atoms with E-state index < -0.39 is 0 Å². The summed E-state index contributed by atoms with van der Waals surface area (Å²) in [4.78, 5) is 10.6. The fourth-order valence-electron chi connectivity index (χ4n) is 0.388. The minimum absolute atomic E-state index is 0.0423. The van der Waals surface area contributed by atoms with Gasteiger partial charge in [-0.15, -0.1) is 0 Å². The van der Waals surface area contributed by atoms with Gasteiger partial charge in [0.25, 0.3) is 0 Å². The molecule has 0 saturated carbocycles. The van der Waals surface area contributed by atoms with Crippen LogP contribution in [0.4, 0.5) is 0 Å². The molecule has 54 valence electrons. The SMILES string of the molecule is CCOC(=O)C[Se]CC. The van der Waals surface area contributed by atoms with E-state index in [4.69, 9.17) is 4.74 Å². The van der Waals surface area contributed by atoms with Crippen LogP contribution in [0, 0.1) is 0 Å². The third-order valence-corrected chi connectivity index (χ3v) is 2.51. The summed E-state index contributed by atoms with van der Waals surface area (Å²) in [6.07, 6.45) is 0. The quantitative estimate of drug-likeness (QED) is 0.496. The van der Waals surface area contributed by atoms with Crippen LogP contribution >= 0.6 is 0 Å². The third kappa shape index (κ3) is 5.87. The molecular formula is C6H12O2Se. The summed E-state index contributed by atoms with van der Waals surface area (Å²) in [6.45, 7) is 4.43. The average Bonchev–Trinajstić information content (AvgIpc) is 1.85. The Morgan fingerprint density at radius 1 is 1.56 bits per heavy atom. The molecule has 0 aromatic carbocycles. The molecule has 0 saturated heterocycles. The Hall–Kier alpha value is -0.0105. The van der Waals surface area contributed by atoms with Gasteiger partial charge in [0.1, 0.15) is 0 Å². The van der Waals surface area contributed by atoms with Crippen molar-refractivity contribution in [1.82, 2.24) is 0 Å². The van der Waals surface area contributed by atoms with Gasteiger partial charge in [0.2, 0.25) is 0 Å². The number of esters is 1. The van der Waals surface area contributed by atoms with Gasteiger partial charge in [-0.3, -0.25) is 0 Å². The van der Waals surface area contributed by atoms with E-state index in [1.54, 1.807) is 0 Å². The number of carbonyl (C=O) groups excluding carboxylic acids is 1. The summed E-state index contributed by atoms with van der Waals surface area (Å²) < 4.78 is 4.72. The van der Waals surface area contributed by atoms with Crippen molar-refractivity contribution in [1.29, 1.82) is 0 Å². The molecule has 9 heavy (non-hydrogen) atoms. The number of ether oxygens (including phenoxy) is 1. The van der Waals surface area contributed by atoms with E-state index in [-0.39, 0.29) is 5.97 Å². The summed E-state index contributed by atoms with van der Waals surface area (Å²) in [6, 6.07) is 0. The second-order valence-corrected chi connectivity index (χ2v) is 4.12. The van der Waals surface area contributed by atoms with Gasteiger partial charge < -0.3 is 0 Å². The predicted octanol–water partition coefficient (Wildman–Crippen LogP) is 1.11. The number of hydrogen-bond donors (Lipinski definition) is 0. The van der Waals surface area contributed by atoms with Gasteiger partial charge in [0.05, 0.1) is 0 Å². The molecule has 0 N–H and O–H groups in total. The Balaban J connectivity index is 3.06. The topological polar surface area (TPSA) is 26.3 Å². The first-order chi connectivity index (χ1) is 4.31. The number of hydrogen-bond acceptors (Lipinski definition) is 2. The molecule has 0 aromatic rings. The van der Waals surface area contributed by atoms with Crippen molar-refractivity contribution in [2.45, 2.75) is 24.5 Å². The van der Waals surface area contributed by atoms with Crippen molar-refractivity contribution >= 4 is 20.9 Å². The van der Waals surface area contributed by atoms with Crippen molar-refractivity contribution < 1.29 is 9.53 Å². The van der Waals surface area contributed by atoms with Gasteiger partial charge in [-0.25, -0.2) is 0 Å². The molecule has 0 bridgehead atoms. The maximum atomic E-state index is 10.6. The normalized spacial score (nSPS) is 9.11. The first-order valence-corrected chi connectivity index (χ1v) is 5.46. The third-order valence-electron chi connectivity index (χ3n) is 0.729. The van der Waals surface area contributed by atoms with E-state index in [0.29, 0.717) is 26.9 Å². The molecule has 0 spiro atoms. The Bertz CT molecular complexity index is 83.1. The zero-order valence-electron chi connectivity index (χ0n) is 5.85. The number of rotatable bonds is 4. The van der Waals surface area contributed by atoms with E-state index in [0.717, 1.165) is 5.32 Å². The minimum atomic E-state index is -0.0423. The van der Waals surface area contributed by atoms with Crippen molar-refractivity contribution in [2.24, 2.45) is 0 Å². The molecule has 0 amide bonds. The van der Waals surface area contributed by atoms with E-state index >= 15 is 0 Å². The van der Waals surface area contributed by atoms with Crippen molar-refractivity contribution in [3.8, 4) is 0 Å². The summed E-state index contributed by atoms with van der Waals surface area (Å²) in [5.41, 5.74) is 0. The molecule has 3 heteroatoms. The summed E-state index contributed by atoms with van der Waals surface area (Å²) in [5, 5.41) is 1.75. The van der Waals surface area contributed by atoms with Gasteiger partial charge in [-0.1, -0.05) is 0 Å². The van der Waals surface area contributed by atoms with Crippen LogP contribution < -0.4 is 0 Å². The van der Waals surface area contributed by atoms with Crippen LogP contribution in [-0.2, 0) is 9.53 Å². The molecule has 2 nitrogen and oxygen atoms in total. The fraction of sp³-hybridized carbons (Fsp3) is 0.833. The summed E-state index contributed by atoms with van der Waals surface area (Å²) in [7, 11) is 0. The van der Waals surface area contributed by atoms with Crippen LogP contribution in [0.3, 0.4) is 0 Å². The molecule has 0 radical (unpaired) electrons. The van der Waals surface area contributed by atoms with Crippen LogP contribution in [0.5, 0.6) is 0 Å². The van der Waals surface area contributed by atoms with Gasteiger partial charge in [-0.2, -0.15) is 0 Å². The van der Waals surface area contributed by atoms with E-state index in [9.17, 15) is 4.79 Å². The van der Waals surface area contributed by atoms with E-state index in [1.807, 2.05) is 6.92 Å². The van der Waals surface area contributed by atoms with Crippen molar-refractivity contribution in [3.05, 3.63) is 0 Å². The molecule has 0 unspecified atom stereocenters. The second kappa shape index (κ2) is 6.11. The van der Waals surface area contributed by atoms with Crippen LogP contribution in [0.15, 0.2) is 0 Å². The van der Waals surface area contributed by atoms with Gasteiger partial charge in [0, 0.05) is 0 Å². The Morgan fingerprint density at radius 3 is 2.67 bits per heavy atom. The molecule has 0 aromatic heterocycles. The Labute approximate surface area is 62.1 Å². The van der Waals surface area contributed by atoms with Crippen LogP contribution in [-0.4, -0.2) is 27.5 Å². The first-order valence-electron chi connectivity index (χ1n) is 3.04. The molecule has 0 aliphatic heterocycles. The number of carbonyl (C=O) groups is 1. The zero-order valence-corrected chi connectivity index (χ0v) is 7.56. The maximum absolute atomic E-state index is 10.6. The van der Waals surface area contributed by atoms with Crippen molar-refractivity contribution in [2.75, 3.05) is 6.61 Å². The van der Waals surface area contributed by atoms with Gasteiger partial charge in [-0.05, 0) is 0 Å². The van der Waals surface area contributed by atoms with Crippen LogP contribution in [0.25, 0.3) is 0 Å². The first kappa shape index (κ1) is 8.99. The van der Waals surface area contributed by atoms with Gasteiger partial charge >= 0.3 is 61.6 Å². The molecule has 0 heterocycles. The Morgan fingerprint density at radius 2 is 2.22 bits per heavy atom. The van der Waals surface area contributed by atoms with Gasteiger partial charge in [0.15, 0.2) is 0 Å². The second-order valence-electron chi connectivity index (χ2n) is 1.44. The Kier molecular flexibility index (Phi) is 6.11. The van der Waals surface area contributed by atoms with E-state index in [2.05, 4.69) is 6.92 Å². The molecule has 0 atom stereocenters. The van der Waals surface area contributed by atoms with Crippen LogP contribution in [0.1, 0.15) is 13.8 Å². The molecule has 0 aliphatic carbocycles. The van der Waals surface area contributed by atoms with E-state index in [1.165, 1.54) is 0 Å². The zero-order chi connectivity index (χ0) is 7.11. The summed E-state index contributed by atoms with van der Waals surface area (Å²) in [5.74, 6) is -0.0423. The average molecular weight is 195 g/mol. The molecule has 0 rings (SSSR count). The molecular weight excluding hydrogens is 183 g/mol. The van der Waals surface area contributed by atoms with Crippen LogP contribution in [0.2, 0.25) is 10.6 Å². The summed E-state index contributed by atoms with van der Waals surface area (Å²) >= 11 is 0.465.